The van der Waals surface area contributed by atoms with E-state index in [0.717, 1.165) is 16.0 Å². The molecule has 1 heterocycles. The van der Waals surface area contributed by atoms with Crippen molar-refractivity contribution in [3.05, 3.63) is 33.3 Å². The van der Waals surface area contributed by atoms with Crippen molar-refractivity contribution in [2.45, 2.75) is 13.0 Å². The predicted octanol–water partition coefficient (Wildman–Crippen LogP) is 3.31. The van der Waals surface area contributed by atoms with Crippen LogP contribution in [-0.4, -0.2) is 18.0 Å². The number of hydrogen-bond acceptors (Lipinski definition) is 1. The summed E-state index contributed by atoms with van der Waals surface area (Å²) >= 11 is 9.45. The lowest BCUT2D eigenvalue weighted by Gasteiger charge is -2.31. The molecule has 1 fully saturated rings. The average molecular weight is 261 g/mol. The zero-order chi connectivity index (χ0) is 9.26. The topological polar surface area (TPSA) is 3.24 Å². The first-order chi connectivity index (χ1) is 6.25. The van der Waals surface area contributed by atoms with Crippen LogP contribution in [0.3, 0.4) is 0 Å². The van der Waals surface area contributed by atoms with Crippen molar-refractivity contribution in [2.75, 3.05) is 13.1 Å². The highest BCUT2D eigenvalue weighted by molar-refractivity contribution is 9.10. The quantitative estimate of drug-likeness (QED) is 0.788. The van der Waals surface area contributed by atoms with Crippen molar-refractivity contribution < 1.29 is 0 Å². The molecular weight excluding hydrogens is 249 g/mol. The van der Waals surface area contributed by atoms with Crippen LogP contribution >= 0.6 is 27.5 Å². The van der Waals surface area contributed by atoms with Crippen molar-refractivity contribution in [3.63, 3.8) is 0 Å². The summed E-state index contributed by atoms with van der Waals surface area (Å²) < 4.78 is 1.16. The Hall–Kier alpha value is -0.0500. The van der Waals surface area contributed by atoms with Crippen molar-refractivity contribution in [1.29, 1.82) is 0 Å². The lowest BCUT2D eigenvalue weighted by atomic mass is 10.1. The lowest BCUT2D eigenvalue weighted by Crippen LogP contribution is -2.36. The third-order valence-corrected chi connectivity index (χ3v) is 3.36. The number of rotatable bonds is 2. The molecular formula is C10H11BrClN. The molecule has 0 aliphatic carbocycles. The van der Waals surface area contributed by atoms with E-state index in [1.807, 2.05) is 18.2 Å². The van der Waals surface area contributed by atoms with E-state index in [-0.39, 0.29) is 0 Å². The lowest BCUT2D eigenvalue weighted by molar-refractivity contribution is 0.172. The highest BCUT2D eigenvalue weighted by atomic mass is 79.9. The summed E-state index contributed by atoms with van der Waals surface area (Å²) in [6.45, 7) is 3.46. The van der Waals surface area contributed by atoms with Gasteiger partial charge < -0.3 is 0 Å². The van der Waals surface area contributed by atoms with E-state index < -0.39 is 0 Å². The van der Waals surface area contributed by atoms with Crippen LogP contribution in [0.1, 0.15) is 12.0 Å². The van der Waals surface area contributed by atoms with E-state index in [0.29, 0.717) is 0 Å². The van der Waals surface area contributed by atoms with Crippen molar-refractivity contribution >= 4 is 27.5 Å². The molecule has 0 aromatic heterocycles. The molecule has 70 valence electrons. The second-order valence-electron chi connectivity index (χ2n) is 3.37. The second kappa shape index (κ2) is 3.99. The fourth-order valence-electron chi connectivity index (χ4n) is 1.45. The summed E-state index contributed by atoms with van der Waals surface area (Å²) in [4.78, 5) is 2.41. The Kier molecular flexibility index (Phi) is 2.92. The Morgan fingerprint density at radius 3 is 2.77 bits per heavy atom. The molecule has 13 heavy (non-hydrogen) atoms. The molecule has 0 spiro atoms. The minimum atomic E-state index is 0.818. The van der Waals surface area contributed by atoms with E-state index in [1.165, 1.54) is 25.1 Å². The van der Waals surface area contributed by atoms with E-state index in [2.05, 4.69) is 20.8 Å². The summed E-state index contributed by atoms with van der Waals surface area (Å²) in [5.74, 6) is 0. The minimum Gasteiger partial charge on any atom is -0.299 e. The summed E-state index contributed by atoms with van der Waals surface area (Å²) in [7, 11) is 0. The Balaban J connectivity index is 2.13. The summed E-state index contributed by atoms with van der Waals surface area (Å²) in [5.41, 5.74) is 1.28. The highest BCUT2D eigenvalue weighted by Gasteiger charge is 2.14. The molecule has 3 heteroatoms. The van der Waals surface area contributed by atoms with E-state index in [4.69, 9.17) is 11.6 Å². The largest absolute Gasteiger partial charge is 0.299 e. The number of benzene rings is 1. The fourth-order valence-corrected chi connectivity index (χ4v) is 2.01. The Morgan fingerprint density at radius 1 is 1.38 bits per heavy atom. The van der Waals surface area contributed by atoms with Crippen molar-refractivity contribution in [2.24, 2.45) is 0 Å². The van der Waals surface area contributed by atoms with Gasteiger partial charge in [-0.15, -0.1) is 0 Å². The molecule has 1 saturated heterocycles. The van der Waals surface area contributed by atoms with Crippen molar-refractivity contribution in [1.82, 2.24) is 4.90 Å². The molecule has 0 unspecified atom stereocenters. The number of halogens is 2. The third-order valence-electron chi connectivity index (χ3n) is 2.35. The van der Waals surface area contributed by atoms with Gasteiger partial charge in [-0.1, -0.05) is 27.5 Å². The third kappa shape index (κ3) is 2.25. The van der Waals surface area contributed by atoms with Gasteiger partial charge in [-0.3, -0.25) is 4.90 Å². The first-order valence-electron chi connectivity index (χ1n) is 4.42. The molecule has 1 aromatic carbocycles. The smallest absolute Gasteiger partial charge is 0.0410 e. The SMILES string of the molecule is Clc1ccc(Br)c(CN2CCC2)c1. The molecule has 0 radical (unpaired) electrons. The van der Waals surface area contributed by atoms with Gasteiger partial charge in [0, 0.05) is 16.0 Å². The summed E-state index contributed by atoms with van der Waals surface area (Å²) in [6.07, 6.45) is 1.33. The van der Waals surface area contributed by atoms with Crippen LogP contribution < -0.4 is 0 Å². The highest BCUT2D eigenvalue weighted by Crippen LogP contribution is 2.23. The van der Waals surface area contributed by atoms with Gasteiger partial charge in [0.2, 0.25) is 0 Å². The van der Waals surface area contributed by atoms with Crippen LogP contribution in [0.4, 0.5) is 0 Å². The Labute approximate surface area is 91.8 Å². The van der Waals surface area contributed by atoms with Gasteiger partial charge in [-0.25, -0.2) is 0 Å². The number of likely N-dealkylation sites (tertiary alicyclic amines) is 1. The fraction of sp³-hybridized carbons (Fsp3) is 0.400. The maximum absolute atomic E-state index is 5.92. The van der Waals surface area contributed by atoms with Gasteiger partial charge in [0.15, 0.2) is 0 Å². The van der Waals surface area contributed by atoms with Crippen molar-refractivity contribution in [3.8, 4) is 0 Å². The number of nitrogens with zero attached hydrogens (tertiary/aromatic N) is 1. The zero-order valence-corrected chi connectivity index (χ0v) is 9.61. The molecule has 0 bridgehead atoms. The number of hydrogen-bond donors (Lipinski definition) is 0. The maximum atomic E-state index is 5.92. The average Bonchev–Trinajstić information content (AvgIpc) is 2.03. The molecule has 1 aromatic rings. The van der Waals surface area contributed by atoms with Gasteiger partial charge in [-0.05, 0) is 43.3 Å². The Morgan fingerprint density at radius 2 is 2.15 bits per heavy atom. The van der Waals surface area contributed by atoms with E-state index in [9.17, 15) is 0 Å². The second-order valence-corrected chi connectivity index (χ2v) is 4.66. The predicted molar refractivity (Wildman–Crippen MR) is 59.0 cm³/mol. The van der Waals surface area contributed by atoms with Gasteiger partial charge in [0.05, 0.1) is 0 Å². The molecule has 1 aliphatic heterocycles. The monoisotopic (exact) mass is 259 g/mol. The molecule has 0 amide bonds. The molecule has 2 rings (SSSR count). The first-order valence-corrected chi connectivity index (χ1v) is 5.59. The van der Waals surface area contributed by atoms with Crippen LogP contribution in [0.15, 0.2) is 22.7 Å². The minimum absolute atomic E-state index is 0.818. The maximum Gasteiger partial charge on any atom is 0.0410 e. The van der Waals surface area contributed by atoms with Gasteiger partial charge in [0.25, 0.3) is 0 Å². The zero-order valence-electron chi connectivity index (χ0n) is 7.26. The van der Waals surface area contributed by atoms with Gasteiger partial charge >= 0.3 is 0 Å². The first kappa shape index (κ1) is 9.50. The Bertz CT molecular complexity index is 310. The standard InChI is InChI=1S/C10H11BrClN/c11-10-3-2-9(12)6-8(10)7-13-4-1-5-13/h2-3,6H,1,4-5,7H2. The van der Waals surface area contributed by atoms with E-state index in [1.54, 1.807) is 0 Å². The molecule has 1 aliphatic rings. The van der Waals surface area contributed by atoms with Crippen LogP contribution in [0, 0.1) is 0 Å². The normalized spacial score (nSPS) is 17.1. The molecule has 0 N–H and O–H groups in total. The van der Waals surface area contributed by atoms with Crippen LogP contribution in [0.2, 0.25) is 5.02 Å². The van der Waals surface area contributed by atoms with Gasteiger partial charge in [-0.2, -0.15) is 0 Å². The summed E-state index contributed by atoms with van der Waals surface area (Å²) in [5, 5.41) is 0.818. The van der Waals surface area contributed by atoms with Crippen LogP contribution in [0.25, 0.3) is 0 Å². The molecule has 0 atom stereocenters. The van der Waals surface area contributed by atoms with Gasteiger partial charge in [0.1, 0.15) is 0 Å². The van der Waals surface area contributed by atoms with Crippen LogP contribution in [0.5, 0.6) is 0 Å². The molecule has 1 nitrogen and oxygen atoms in total. The van der Waals surface area contributed by atoms with Crippen LogP contribution in [-0.2, 0) is 6.54 Å². The summed E-state index contributed by atoms with van der Waals surface area (Å²) in [6, 6.07) is 5.95. The van der Waals surface area contributed by atoms with E-state index >= 15 is 0 Å². The molecule has 0 saturated carbocycles.